The van der Waals surface area contributed by atoms with E-state index in [0.29, 0.717) is 5.89 Å². The van der Waals surface area contributed by atoms with Crippen LogP contribution in [0.4, 0.5) is 0 Å². The molecular formula is C18H11NO3. The zero-order valence-electron chi connectivity index (χ0n) is 11.5. The molecule has 1 N–H and O–H groups in total. The molecule has 0 atom stereocenters. The summed E-state index contributed by atoms with van der Waals surface area (Å²) in [6.07, 6.45) is 0. The van der Waals surface area contributed by atoms with E-state index in [1.165, 1.54) is 0 Å². The predicted octanol–water partition coefficient (Wildman–Crippen LogP) is 4.35. The zero-order chi connectivity index (χ0) is 15.1. The molecule has 0 aliphatic carbocycles. The summed E-state index contributed by atoms with van der Waals surface area (Å²) in [5.74, 6) is -0.365. The zero-order valence-corrected chi connectivity index (χ0v) is 11.5. The van der Waals surface area contributed by atoms with E-state index >= 15 is 0 Å². The first-order chi connectivity index (χ1) is 10.7. The third-order valence-electron chi connectivity index (χ3n) is 3.63. The van der Waals surface area contributed by atoms with Gasteiger partial charge in [-0.15, -0.1) is 0 Å². The summed E-state index contributed by atoms with van der Waals surface area (Å²) in [6.45, 7) is 0. The average molecular weight is 289 g/mol. The van der Waals surface area contributed by atoms with Crippen LogP contribution in [0.2, 0.25) is 0 Å². The quantitative estimate of drug-likeness (QED) is 0.596. The molecule has 0 unspecified atom stereocenters. The van der Waals surface area contributed by atoms with Crippen molar-refractivity contribution in [2.45, 2.75) is 0 Å². The molecule has 0 spiro atoms. The predicted molar refractivity (Wildman–Crippen MR) is 83.9 cm³/mol. The summed E-state index contributed by atoms with van der Waals surface area (Å²) in [7, 11) is 0. The number of aromatic carboxylic acids is 1. The Morgan fingerprint density at radius 3 is 2.55 bits per heavy atom. The second-order valence-corrected chi connectivity index (χ2v) is 5.07. The fraction of sp³-hybridized carbons (Fsp3) is 0. The molecule has 0 saturated carbocycles. The topological polar surface area (TPSA) is 63.3 Å². The van der Waals surface area contributed by atoms with E-state index in [9.17, 15) is 4.79 Å². The SMILES string of the molecule is O=C(O)c1ccc2cc(-c3nc4ccccc4o3)ccc2c1. The van der Waals surface area contributed by atoms with Gasteiger partial charge in [-0.25, -0.2) is 9.78 Å². The molecule has 106 valence electrons. The molecule has 4 heteroatoms. The van der Waals surface area contributed by atoms with E-state index in [2.05, 4.69) is 4.98 Å². The van der Waals surface area contributed by atoms with Gasteiger partial charge < -0.3 is 9.52 Å². The van der Waals surface area contributed by atoms with Crippen molar-refractivity contribution in [3.05, 3.63) is 66.2 Å². The number of aromatic nitrogens is 1. The number of carboxylic acids is 1. The normalized spacial score (nSPS) is 11.1. The van der Waals surface area contributed by atoms with Crippen LogP contribution in [0.1, 0.15) is 10.4 Å². The molecule has 1 heterocycles. The molecule has 0 fully saturated rings. The highest BCUT2D eigenvalue weighted by Crippen LogP contribution is 2.27. The maximum absolute atomic E-state index is 11.0. The Labute approximate surface area is 125 Å². The molecular weight excluding hydrogens is 278 g/mol. The van der Waals surface area contributed by atoms with Gasteiger partial charge in [0.25, 0.3) is 0 Å². The summed E-state index contributed by atoms with van der Waals surface area (Å²) in [5, 5.41) is 10.9. The smallest absolute Gasteiger partial charge is 0.335 e. The lowest BCUT2D eigenvalue weighted by molar-refractivity contribution is 0.0697. The summed E-state index contributed by atoms with van der Waals surface area (Å²) in [4.78, 5) is 15.5. The fourth-order valence-corrected chi connectivity index (χ4v) is 2.51. The van der Waals surface area contributed by atoms with Gasteiger partial charge in [0.1, 0.15) is 5.52 Å². The van der Waals surface area contributed by atoms with Crippen molar-refractivity contribution in [1.82, 2.24) is 4.98 Å². The van der Waals surface area contributed by atoms with Gasteiger partial charge in [-0.05, 0) is 47.2 Å². The number of benzene rings is 3. The molecule has 0 aliphatic rings. The minimum absolute atomic E-state index is 0.280. The van der Waals surface area contributed by atoms with Crippen molar-refractivity contribution in [2.75, 3.05) is 0 Å². The van der Waals surface area contributed by atoms with Gasteiger partial charge in [-0.1, -0.05) is 24.3 Å². The van der Waals surface area contributed by atoms with Crippen LogP contribution in [0.25, 0.3) is 33.3 Å². The van der Waals surface area contributed by atoms with E-state index in [0.717, 1.165) is 27.4 Å². The Hall–Kier alpha value is -3.14. The van der Waals surface area contributed by atoms with Gasteiger partial charge in [-0.3, -0.25) is 0 Å². The molecule has 0 amide bonds. The van der Waals surface area contributed by atoms with Crippen molar-refractivity contribution in [3.8, 4) is 11.5 Å². The Balaban J connectivity index is 1.85. The molecule has 3 aromatic carbocycles. The highest BCUT2D eigenvalue weighted by atomic mass is 16.4. The van der Waals surface area contributed by atoms with Crippen molar-refractivity contribution in [2.24, 2.45) is 0 Å². The number of hydrogen-bond donors (Lipinski definition) is 1. The molecule has 0 bridgehead atoms. The number of oxazole rings is 1. The number of para-hydroxylation sites is 2. The first kappa shape index (κ1) is 12.6. The Morgan fingerprint density at radius 1 is 0.955 bits per heavy atom. The second-order valence-electron chi connectivity index (χ2n) is 5.07. The lowest BCUT2D eigenvalue weighted by Crippen LogP contribution is -1.95. The molecule has 4 aromatic rings. The van der Waals surface area contributed by atoms with Crippen molar-refractivity contribution in [3.63, 3.8) is 0 Å². The summed E-state index contributed by atoms with van der Waals surface area (Å²) in [6, 6.07) is 18.4. The van der Waals surface area contributed by atoms with E-state index in [4.69, 9.17) is 9.52 Å². The highest BCUT2D eigenvalue weighted by molar-refractivity contribution is 5.95. The van der Waals surface area contributed by atoms with Crippen LogP contribution in [-0.2, 0) is 0 Å². The van der Waals surface area contributed by atoms with Crippen molar-refractivity contribution >= 4 is 27.8 Å². The number of nitrogens with zero attached hydrogens (tertiary/aromatic N) is 1. The van der Waals surface area contributed by atoms with E-state index < -0.39 is 5.97 Å². The minimum atomic E-state index is -0.926. The third-order valence-corrected chi connectivity index (χ3v) is 3.63. The Bertz CT molecular complexity index is 984. The van der Waals surface area contributed by atoms with Crippen LogP contribution in [-0.4, -0.2) is 16.1 Å². The molecule has 1 aromatic heterocycles. The van der Waals surface area contributed by atoms with Gasteiger partial charge >= 0.3 is 5.97 Å². The molecule has 4 rings (SSSR count). The van der Waals surface area contributed by atoms with Gasteiger partial charge in [0, 0.05) is 5.56 Å². The molecule has 0 aliphatic heterocycles. The molecule has 4 nitrogen and oxygen atoms in total. The maximum Gasteiger partial charge on any atom is 0.335 e. The largest absolute Gasteiger partial charge is 0.478 e. The third kappa shape index (κ3) is 2.02. The lowest BCUT2D eigenvalue weighted by atomic mass is 10.0. The van der Waals surface area contributed by atoms with Gasteiger partial charge in [0.15, 0.2) is 5.58 Å². The number of fused-ring (bicyclic) bond motifs is 2. The Morgan fingerprint density at radius 2 is 1.73 bits per heavy atom. The first-order valence-electron chi connectivity index (χ1n) is 6.84. The number of hydrogen-bond acceptors (Lipinski definition) is 3. The van der Waals surface area contributed by atoms with Crippen LogP contribution in [0.15, 0.2) is 65.1 Å². The maximum atomic E-state index is 11.0. The van der Waals surface area contributed by atoms with Crippen LogP contribution in [0.3, 0.4) is 0 Å². The first-order valence-corrected chi connectivity index (χ1v) is 6.84. The van der Waals surface area contributed by atoms with Crippen LogP contribution in [0.5, 0.6) is 0 Å². The molecule has 0 saturated heterocycles. The number of carboxylic acid groups (broad SMARTS) is 1. The summed E-state index contributed by atoms with van der Waals surface area (Å²) < 4.78 is 5.76. The van der Waals surface area contributed by atoms with Gasteiger partial charge in [0.05, 0.1) is 5.56 Å². The highest BCUT2D eigenvalue weighted by Gasteiger charge is 2.09. The molecule has 22 heavy (non-hydrogen) atoms. The van der Waals surface area contributed by atoms with E-state index in [-0.39, 0.29) is 5.56 Å². The fourth-order valence-electron chi connectivity index (χ4n) is 2.51. The lowest BCUT2D eigenvalue weighted by Gasteiger charge is -2.02. The van der Waals surface area contributed by atoms with Crippen molar-refractivity contribution in [1.29, 1.82) is 0 Å². The second kappa shape index (κ2) is 4.70. The summed E-state index contributed by atoms with van der Waals surface area (Å²) >= 11 is 0. The van der Waals surface area contributed by atoms with Crippen LogP contribution < -0.4 is 0 Å². The summed E-state index contributed by atoms with van der Waals surface area (Å²) in [5.41, 5.74) is 2.71. The standard InChI is InChI=1S/C18H11NO3/c20-18(21)14-8-6-11-9-13(7-5-12(11)10-14)17-19-15-3-1-2-4-16(15)22-17/h1-10H,(H,20,21). The minimum Gasteiger partial charge on any atom is -0.478 e. The van der Waals surface area contributed by atoms with Crippen molar-refractivity contribution < 1.29 is 14.3 Å². The monoisotopic (exact) mass is 289 g/mol. The van der Waals surface area contributed by atoms with Crippen LogP contribution in [0, 0.1) is 0 Å². The van der Waals surface area contributed by atoms with Crippen LogP contribution >= 0.6 is 0 Å². The van der Waals surface area contributed by atoms with E-state index in [1.54, 1.807) is 18.2 Å². The van der Waals surface area contributed by atoms with E-state index in [1.807, 2.05) is 42.5 Å². The average Bonchev–Trinajstić information content (AvgIpc) is 2.97. The Kier molecular flexibility index (Phi) is 2.69. The number of rotatable bonds is 2. The van der Waals surface area contributed by atoms with Gasteiger partial charge in [-0.2, -0.15) is 0 Å². The molecule has 0 radical (unpaired) electrons. The van der Waals surface area contributed by atoms with Gasteiger partial charge in [0.2, 0.25) is 5.89 Å². The number of carbonyl (C=O) groups is 1.